The van der Waals surface area contributed by atoms with E-state index in [2.05, 4.69) is 6.92 Å². The van der Waals surface area contributed by atoms with Gasteiger partial charge in [-0.15, -0.1) is 0 Å². The summed E-state index contributed by atoms with van der Waals surface area (Å²) in [5, 5.41) is 9.31. The first-order valence-electron chi connectivity index (χ1n) is 4.65. The molecule has 1 N–H and O–H groups in total. The van der Waals surface area contributed by atoms with Gasteiger partial charge in [-0.05, 0) is 12.7 Å². The van der Waals surface area contributed by atoms with Crippen LogP contribution in [0.2, 0.25) is 0 Å². The molecule has 0 bridgehead atoms. The molecule has 1 aliphatic rings. The number of hydrogen-bond donors (Lipinski definition) is 1. The zero-order chi connectivity index (χ0) is 9.84. The van der Waals surface area contributed by atoms with Crippen LogP contribution in [0.25, 0.3) is 0 Å². The Morgan fingerprint density at radius 2 is 2.46 bits per heavy atom. The summed E-state index contributed by atoms with van der Waals surface area (Å²) in [7, 11) is 0. The first-order chi connectivity index (χ1) is 6.19. The minimum Gasteiger partial charge on any atom is -0.391 e. The van der Waals surface area contributed by atoms with Crippen LogP contribution in [0.1, 0.15) is 19.8 Å². The van der Waals surface area contributed by atoms with Crippen LogP contribution < -0.4 is 0 Å². The van der Waals surface area contributed by atoms with E-state index in [9.17, 15) is 9.90 Å². The van der Waals surface area contributed by atoms with Crippen LogP contribution in [0.3, 0.4) is 0 Å². The number of carbonyl (C=O) groups excluding carboxylic acids is 1. The first kappa shape index (κ1) is 10.9. The third-order valence-corrected chi connectivity index (χ3v) is 3.13. The zero-order valence-electron chi connectivity index (χ0n) is 8.19. The fourth-order valence-electron chi connectivity index (χ4n) is 1.69. The molecule has 1 amide bonds. The summed E-state index contributed by atoms with van der Waals surface area (Å²) >= 11 is 1.75. The van der Waals surface area contributed by atoms with Crippen molar-refractivity contribution in [3.8, 4) is 0 Å². The van der Waals surface area contributed by atoms with Gasteiger partial charge < -0.3 is 10.0 Å². The fraction of sp³-hybridized carbons (Fsp3) is 0.889. The Kier molecular flexibility index (Phi) is 4.06. The van der Waals surface area contributed by atoms with Gasteiger partial charge in [0.05, 0.1) is 12.5 Å². The minimum absolute atomic E-state index is 0.105. The second-order valence-corrected chi connectivity index (χ2v) is 4.33. The Hall–Kier alpha value is -0.220. The smallest absolute Gasteiger partial charge is 0.225 e. The van der Waals surface area contributed by atoms with Crippen molar-refractivity contribution in [2.45, 2.75) is 31.9 Å². The second-order valence-electron chi connectivity index (χ2n) is 3.42. The lowest BCUT2D eigenvalue weighted by molar-refractivity contribution is -0.129. The summed E-state index contributed by atoms with van der Waals surface area (Å²) in [4.78, 5) is 13.2. The van der Waals surface area contributed by atoms with Crippen molar-refractivity contribution in [2.75, 3.05) is 18.6 Å². The number of hydrogen-bond acceptors (Lipinski definition) is 3. The lowest BCUT2D eigenvalue weighted by atomic mass is 10.2. The molecule has 0 aliphatic carbocycles. The molecule has 3 nitrogen and oxygen atoms in total. The van der Waals surface area contributed by atoms with Gasteiger partial charge in [-0.2, -0.15) is 11.8 Å². The fourth-order valence-corrected chi connectivity index (χ4v) is 2.49. The zero-order valence-corrected chi connectivity index (χ0v) is 9.01. The van der Waals surface area contributed by atoms with Crippen LogP contribution in [0.15, 0.2) is 0 Å². The molecule has 76 valence electrons. The topological polar surface area (TPSA) is 40.5 Å². The maximum Gasteiger partial charge on any atom is 0.225 e. The van der Waals surface area contributed by atoms with Crippen LogP contribution >= 0.6 is 11.8 Å². The average molecular weight is 203 g/mol. The van der Waals surface area contributed by atoms with Gasteiger partial charge in [0.1, 0.15) is 0 Å². The average Bonchev–Trinajstić information content (AvgIpc) is 2.41. The third-order valence-electron chi connectivity index (χ3n) is 2.41. The van der Waals surface area contributed by atoms with Gasteiger partial charge in [0.15, 0.2) is 0 Å². The molecule has 1 heterocycles. The van der Waals surface area contributed by atoms with Crippen molar-refractivity contribution in [3.63, 3.8) is 0 Å². The van der Waals surface area contributed by atoms with Gasteiger partial charge in [0.2, 0.25) is 5.91 Å². The van der Waals surface area contributed by atoms with Crippen molar-refractivity contribution in [3.05, 3.63) is 0 Å². The van der Waals surface area contributed by atoms with Gasteiger partial charge in [-0.3, -0.25) is 4.79 Å². The van der Waals surface area contributed by atoms with E-state index >= 15 is 0 Å². The number of thioether (sulfide) groups is 1. The number of aliphatic hydroxyl groups is 1. The van der Waals surface area contributed by atoms with E-state index in [4.69, 9.17) is 0 Å². The quantitative estimate of drug-likeness (QED) is 0.732. The number of nitrogens with zero attached hydrogens (tertiary/aromatic N) is 1. The Bertz CT molecular complexity index is 186. The summed E-state index contributed by atoms with van der Waals surface area (Å²) in [5.41, 5.74) is 0. The molecule has 4 heteroatoms. The highest BCUT2D eigenvalue weighted by Crippen LogP contribution is 2.18. The molecular formula is C9H17NO2S. The molecule has 0 aromatic carbocycles. The van der Waals surface area contributed by atoms with Gasteiger partial charge in [-0.25, -0.2) is 0 Å². The maximum atomic E-state index is 11.4. The van der Waals surface area contributed by atoms with E-state index in [1.54, 1.807) is 11.8 Å². The molecular weight excluding hydrogens is 186 g/mol. The van der Waals surface area contributed by atoms with E-state index in [1.807, 2.05) is 11.2 Å². The predicted octanol–water partition coefficient (Wildman–Crippen LogP) is 0.721. The van der Waals surface area contributed by atoms with Gasteiger partial charge >= 0.3 is 0 Å². The summed E-state index contributed by atoms with van der Waals surface area (Å²) in [6, 6.07) is 0.305. The van der Waals surface area contributed by atoms with Gasteiger partial charge in [0, 0.05) is 18.3 Å². The SMILES string of the molecule is CCC(CSC)N1CC(O)CC1=O. The van der Waals surface area contributed by atoms with E-state index in [-0.39, 0.29) is 5.91 Å². The summed E-state index contributed by atoms with van der Waals surface area (Å²) in [6.07, 6.45) is 2.88. The lowest BCUT2D eigenvalue weighted by Crippen LogP contribution is -2.38. The Morgan fingerprint density at radius 1 is 1.77 bits per heavy atom. The molecule has 0 aromatic heterocycles. The summed E-state index contributed by atoms with van der Waals surface area (Å²) in [5.74, 6) is 1.07. The van der Waals surface area contributed by atoms with Gasteiger partial charge in [0.25, 0.3) is 0 Å². The molecule has 0 saturated carbocycles. The number of aliphatic hydroxyl groups excluding tert-OH is 1. The Balaban J connectivity index is 2.53. The highest BCUT2D eigenvalue weighted by Gasteiger charge is 2.31. The van der Waals surface area contributed by atoms with Crippen molar-refractivity contribution in [1.29, 1.82) is 0 Å². The lowest BCUT2D eigenvalue weighted by Gasteiger charge is -2.26. The molecule has 0 spiro atoms. The summed E-state index contributed by atoms with van der Waals surface area (Å²) in [6.45, 7) is 2.61. The molecule has 2 atom stereocenters. The van der Waals surface area contributed by atoms with Crippen molar-refractivity contribution < 1.29 is 9.90 Å². The van der Waals surface area contributed by atoms with Crippen LogP contribution in [-0.2, 0) is 4.79 Å². The van der Waals surface area contributed by atoms with Crippen LogP contribution in [0, 0.1) is 0 Å². The molecule has 0 aromatic rings. The van der Waals surface area contributed by atoms with E-state index in [0.717, 1.165) is 12.2 Å². The molecule has 1 fully saturated rings. The summed E-state index contributed by atoms with van der Waals surface area (Å²) < 4.78 is 0. The third kappa shape index (κ3) is 2.61. The van der Waals surface area contributed by atoms with Crippen molar-refractivity contribution in [1.82, 2.24) is 4.90 Å². The van der Waals surface area contributed by atoms with Crippen LogP contribution in [0.5, 0.6) is 0 Å². The standard InChI is InChI=1S/C9H17NO2S/c1-3-7(6-13-2)10-5-8(11)4-9(10)12/h7-8,11H,3-6H2,1-2H3. The van der Waals surface area contributed by atoms with Crippen molar-refractivity contribution >= 4 is 17.7 Å². The Morgan fingerprint density at radius 3 is 2.85 bits per heavy atom. The predicted molar refractivity (Wildman–Crippen MR) is 54.8 cm³/mol. The minimum atomic E-state index is -0.441. The highest BCUT2D eigenvalue weighted by molar-refractivity contribution is 7.98. The van der Waals surface area contributed by atoms with Crippen LogP contribution in [0.4, 0.5) is 0 Å². The normalized spacial score (nSPS) is 25.3. The largest absolute Gasteiger partial charge is 0.391 e. The van der Waals surface area contributed by atoms with E-state index in [1.165, 1.54) is 0 Å². The monoisotopic (exact) mass is 203 g/mol. The van der Waals surface area contributed by atoms with E-state index in [0.29, 0.717) is 19.0 Å². The number of amides is 1. The molecule has 13 heavy (non-hydrogen) atoms. The van der Waals surface area contributed by atoms with Gasteiger partial charge in [-0.1, -0.05) is 6.92 Å². The molecule has 2 unspecified atom stereocenters. The maximum absolute atomic E-state index is 11.4. The number of rotatable bonds is 4. The molecule has 1 saturated heterocycles. The highest BCUT2D eigenvalue weighted by atomic mass is 32.2. The molecule has 1 rings (SSSR count). The number of likely N-dealkylation sites (tertiary alicyclic amines) is 1. The van der Waals surface area contributed by atoms with Crippen molar-refractivity contribution in [2.24, 2.45) is 0 Å². The molecule has 0 radical (unpaired) electrons. The van der Waals surface area contributed by atoms with Crippen LogP contribution in [-0.4, -0.2) is 46.6 Å². The number of β-amino-alcohol motifs (C(OH)–C–C–N with tert-alkyl or cyclic N) is 1. The Labute approximate surface area is 83.5 Å². The molecule has 1 aliphatic heterocycles. The van der Waals surface area contributed by atoms with E-state index < -0.39 is 6.10 Å². The number of carbonyl (C=O) groups is 1. The first-order valence-corrected chi connectivity index (χ1v) is 6.04. The second kappa shape index (κ2) is 4.86.